The number of halogens is 1. The fourth-order valence-electron chi connectivity index (χ4n) is 2.96. The summed E-state index contributed by atoms with van der Waals surface area (Å²) in [6, 6.07) is 0. The molecule has 0 aliphatic heterocycles. The van der Waals surface area contributed by atoms with Crippen LogP contribution in [0.4, 0.5) is 0 Å². The van der Waals surface area contributed by atoms with Crippen LogP contribution in [0.3, 0.4) is 0 Å². The van der Waals surface area contributed by atoms with Gasteiger partial charge >= 0.3 is 0 Å². The van der Waals surface area contributed by atoms with E-state index < -0.39 is 0 Å². The molecule has 1 aliphatic rings. The van der Waals surface area contributed by atoms with E-state index in [1.54, 1.807) is 4.52 Å². The van der Waals surface area contributed by atoms with Crippen molar-refractivity contribution in [3.63, 3.8) is 0 Å². The van der Waals surface area contributed by atoms with Gasteiger partial charge in [0.05, 0.1) is 4.47 Å². The third-order valence-corrected chi connectivity index (χ3v) is 4.83. The summed E-state index contributed by atoms with van der Waals surface area (Å²) in [6.07, 6.45) is 4.68. The summed E-state index contributed by atoms with van der Waals surface area (Å²) in [5.41, 5.74) is 3.47. The molecule has 0 spiro atoms. The summed E-state index contributed by atoms with van der Waals surface area (Å²) < 4.78 is 2.45. The minimum atomic E-state index is 0.0678. The number of hydrogen-bond donors (Lipinski definition) is 1. The molecule has 1 N–H and O–H groups in total. The standard InChI is InChI=1S/C13H16BrN3O/c1-7-10(9-5-3-4-6-9)13(18)17-12(15-7)11(14)8(2)16-17/h9,16H,3-6H2,1-2H3. The summed E-state index contributed by atoms with van der Waals surface area (Å²) in [4.78, 5) is 17.2. The van der Waals surface area contributed by atoms with Crippen molar-refractivity contribution >= 4 is 21.6 Å². The highest BCUT2D eigenvalue weighted by Crippen LogP contribution is 2.34. The average molecular weight is 310 g/mol. The first-order valence-corrected chi connectivity index (χ1v) is 7.16. The lowest BCUT2D eigenvalue weighted by molar-refractivity contribution is 0.686. The van der Waals surface area contributed by atoms with E-state index in [0.717, 1.165) is 34.3 Å². The van der Waals surface area contributed by atoms with Crippen molar-refractivity contribution < 1.29 is 0 Å². The zero-order valence-corrected chi connectivity index (χ0v) is 12.2. The van der Waals surface area contributed by atoms with Crippen LogP contribution in [0.1, 0.15) is 48.6 Å². The fourth-order valence-corrected chi connectivity index (χ4v) is 3.32. The van der Waals surface area contributed by atoms with Crippen molar-refractivity contribution in [1.82, 2.24) is 14.6 Å². The minimum Gasteiger partial charge on any atom is -0.293 e. The van der Waals surface area contributed by atoms with E-state index in [1.165, 1.54) is 12.8 Å². The van der Waals surface area contributed by atoms with Crippen molar-refractivity contribution in [2.24, 2.45) is 0 Å². The predicted octanol–water partition coefficient (Wildman–Crippen LogP) is 3.06. The van der Waals surface area contributed by atoms with Crippen LogP contribution in [0, 0.1) is 13.8 Å². The Hall–Kier alpha value is -1.10. The van der Waals surface area contributed by atoms with Gasteiger partial charge in [-0.2, -0.15) is 4.52 Å². The topological polar surface area (TPSA) is 50.2 Å². The van der Waals surface area contributed by atoms with Crippen molar-refractivity contribution in [2.45, 2.75) is 45.4 Å². The van der Waals surface area contributed by atoms with Gasteiger partial charge in [-0.3, -0.25) is 9.89 Å². The molecule has 18 heavy (non-hydrogen) atoms. The summed E-state index contributed by atoms with van der Waals surface area (Å²) in [5.74, 6) is 0.393. The second-order valence-corrected chi connectivity index (χ2v) is 5.90. The molecule has 2 aromatic heterocycles. The Morgan fingerprint density at radius 1 is 1.33 bits per heavy atom. The van der Waals surface area contributed by atoms with Crippen LogP contribution in [0.25, 0.3) is 5.65 Å². The maximum atomic E-state index is 12.6. The molecular formula is C13H16BrN3O. The van der Waals surface area contributed by atoms with E-state index in [0.29, 0.717) is 11.6 Å². The number of nitrogens with zero attached hydrogens (tertiary/aromatic N) is 2. The van der Waals surface area contributed by atoms with Gasteiger partial charge < -0.3 is 0 Å². The molecule has 0 bridgehead atoms. The summed E-state index contributed by atoms with van der Waals surface area (Å²) in [6.45, 7) is 3.88. The van der Waals surface area contributed by atoms with Crippen molar-refractivity contribution in [3.05, 3.63) is 31.8 Å². The molecule has 2 aromatic rings. The van der Waals surface area contributed by atoms with Gasteiger partial charge in [-0.15, -0.1) is 0 Å². The van der Waals surface area contributed by atoms with Crippen LogP contribution in [-0.4, -0.2) is 14.6 Å². The smallest absolute Gasteiger partial charge is 0.276 e. The van der Waals surface area contributed by atoms with Crippen molar-refractivity contribution in [3.8, 4) is 0 Å². The predicted molar refractivity (Wildman–Crippen MR) is 74.2 cm³/mol. The SMILES string of the molecule is Cc1nc2c(Br)c(C)[nH]n2c(=O)c1C1CCCC1. The number of nitrogens with one attached hydrogen (secondary N) is 1. The number of H-pyrrole nitrogens is 1. The highest BCUT2D eigenvalue weighted by atomic mass is 79.9. The Labute approximate surface area is 114 Å². The highest BCUT2D eigenvalue weighted by molar-refractivity contribution is 9.10. The summed E-state index contributed by atoms with van der Waals surface area (Å²) in [7, 11) is 0. The number of rotatable bonds is 1. The van der Waals surface area contributed by atoms with Crippen LogP contribution >= 0.6 is 15.9 Å². The highest BCUT2D eigenvalue weighted by Gasteiger charge is 2.24. The van der Waals surface area contributed by atoms with Crippen molar-refractivity contribution in [2.75, 3.05) is 0 Å². The number of aryl methyl sites for hydroxylation is 2. The molecule has 0 amide bonds. The largest absolute Gasteiger partial charge is 0.293 e. The van der Waals surface area contributed by atoms with Gasteiger partial charge in [0.15, 0.2) is 5.65 Å². The van der Waals surface area contributed by atoms with E-state index in [2.05, 4.69) is 26.0 Å². The van der Waals surface area contributed by atoms with E-state index in [-0.39, 0.29) is 5.56 Å². The third kappa shape index (κ3) is 1.64. The van der Waals surface area contributed by atoms with E-state index in [1.807, 2.05) is 13.8 Å². The van der Waals surface area contributed by atoms with E-state index in [9.17, 15) is 4.79 Å². The first kappa shape index (κ1) is 12.0. The molecule has 0 aromatic carbocycles. The third-order valence-electron chi connectivity index (χ3n) is 3.88. The molecule has 0 unspecified atom stereocenters. The molecule has 1 saturated carbocycles. The monoisotopic (exact) mass is 309 g/mol. The Bertz CT molecular complexity index is 665. The summed E-state index contributed by atoms with van der Waals surface area (Å²) >= 11 is 3.47. The maximum Gasteiger partial charge on any atom is 0.276 e. The molecule has 1 aliphatic carbocycles. The zero-order valence-electron chi connectivity index (χ0n) is 10.6. The van der Waals surface area contributed by atoms with Crippen LogP contribution in [0.15, 0.2) is 9.27 Å². The zero-order chi connectivity index (χ0) is 12.9. The van der Waals surface area contributed by atoms with Gasteiger partial charge in [-0.05, 0) is 48.5 Å². The lowest BCUT2D eigenvalue weighted by atomic mass is 9.98. The molecule has 0 radical (unpaired) electrons. The van der Waals surface area contributed by atoms with Gasteiger partial charge in [-0.1, -0.05) is 12.8 Å². The van der Waals surface area contributed by atoms with Gasteiger partial charge in [0, 0.05) is 17.0 Å². The van der Waals surface area contributed by atoms with E-state index in [4.69, 9.17) is 0 Å². The second-order valence-electron chi connectivity index (χ2n) is 5.11. The Morgan fingerprint density at radius 3 is 2.67 bits per heavy atom. The van der Waals surface area contributed by atoms with Crippen molar-refractivity contribution in [1.29, 1.82) is 0 Å². The van der Waals surface area contributed by atoms with E-state index >= 15 is 0 Å². The second kappa shape index (κ2) is 4.23. The first-order valence-electron chi connectivity index (χ1n) is 6.37. The van der Waals surface area contributed by atoms with Crippen LogP contribution in [-0.2, 0) is 0 Å². The van der Waals surface area contributed by atoms with Gasteiger partial charge in [-0.25, -0.2) is 4.98 Å². The molecular weight excluding hydrogens is 294 g/mol. The van der Waals surface area contributed by atoms with Gasteiger partial charge in [0.25, 0.3) is 5.56 Å². The quantitative estimate of drug-likeness (QED) is 0.880. The van der Waals surface area contributed by atoms with Crippen LogP contribution in [0.2, 0.25) is 0 Å². The normalized spacial score (nSPS) is 16.8. The van der Waals surface area contributed by atoms with Crippen LogP contribution < -0.4 is 5.56 Å². The molecule has 5 heteroatoms. The molecule has 4 nitrogen and oxygen atoms in total. The Morgan fingerprint density at radius 2 is 2.00 bits per heavy atom. The lowest BCUT2D eigenvalue weighted by Gasteiger charge is -2.11. The van der Waals surface area contributed by atoms with Gasteiger partial charge in [0.1, 0.15) is 0 Å². The van der Waals surface area contributed by atoms with Gasteiger partial charge in [0.2, 0.25) is 0 Å². The Balaban J connectivity index is 2.30. The molecule has 0 saturated heterocycles. The number of hydrogen-bond acceptors (Lipinski definition) is 2. The Kier molecular flexibility index (Phi) is 2.81. The maximum absolute atomic E-state index is 12.6. The average Bonchev–Trinajstić information content (AvgIpc) is 2.92. The fraction of sp³-hybridized carbons (Fsp3) is 0.538. The number of fused-ring (bicyclic) bond motifs is 1. The molecule has 0 atom stereocenters. The first-order chi connectivity index (χ1) is 8.59. The minimum absolute atomic E-state index is 0.0678. The number of aromatic nitrogens is 3. The number of aromatic amines is 1. The molecule has 2 heterocycles. The molecule has 3 rings (SSSR count). The molecule has 96 valence electrons. The summed E-state index contributed by atoms with van der Waals surface area (Å²) in [5, 5.41) is 3.08. The molecule has 1 fully saturated rings. The van der Waals surface area contributed by atoms with Crippen LogP contribution in [0.5, 0.6) is 0 Å². The lowest BCUT2D eigenvalue weighted by Crippen LogP contribution is -2.23.